The normalized spacial score (nSPS) is 32.6. The second kappa shape index (κ2) is 5.03. The molecule has 0 atom stereocenters. The molecule has 1 saturated carbocycles. The van der Waals surface area contributed by atoms with Gasteiger partial charge in [-0.25, -0.2) is 13.1 Å². The van der Waals surface area contributed by atoms with Crippen LogP contribution in [0.2, 0.25) is 0 Å². The fourth-order valence-corrected chi connectivity index (χ4v) is 4.77. The molecule has 2 N–H and O–H groups in total. The maximum Gasteiger partial charge on any atom is 0.261 e. The summed E-state index contributed by atoms with van der Waals surface area (Å²) in [5.41, 5.74) is 0.187. The van der Waals surface area contributed by atoms with E-state index in [-0.39, 0.29) is 22.1 Å². The minimum Gasteiger partial charge on any atom is -0.375 e. The molecule has 0 unspecified atom stereocenters. The zero-order chi connectivity index (χ0) is 15.1. The molecular weight excluding hydrogens is 292 g/mol. The Bertz CT molecular complexity index is 589. The van der Waals surface area contributed by atoms with Crippen LogP contribution in [-0.2, 0) is 14.8 Å². The number of hydrogen-bond donors (Lipinski definition) is 2. The quantitative estimate of drug-likeness (QED) is 0.874. The summed E-state index contributed by atoms with van der Waals surface area (Å²) >= 11 is 0. The Kier molecular flexibility index (Phi) is 3.58. The lowest BCUT2D eigenvalue weighted by Crippen LogP contribution is -2.41. The number of nitrogens with zero attached hydrogens (tertiary/aromatic N) is 2. The van der Waals surface area contributed by atoms with Gasteiger partial charge in [-0.3, -0.25) is 0 Å². The molecular formula is C13H22N4O3S. The van der Waals surface area contributed by atoms with Crippen molar-refractivity contribution in [2.75, 3.05) is 6.61 Å². The van der Waals surface area contributed by atoms with Gasteiger partial charge in [-0.05, 0) is 51.4 Å². The molecule has 118 valence electrons. The summed E-state index contributed by atoms with van der Waals surface area (Å²) in [6, 6.07) is -0.0268. The third-order valence-electron chi connectivity index (χ3n) is 4.61. The van der Waals surface area contributed by atoms with Crippen molar-refractivity contribution in [2.45, 2.75) is 62.6 Å². The van der Waals surface area contributed by atoms with E-state index in [4.69, 9.17) is 4.74 Å². The number of hydrogen-bond acceptors (Lipinski definition) is 5. The molecule has 0 aromatic carbocycles. The molecule has 8 heteroatoms. The second-order valence-corrected chi connectivity index (χ2v) is 8.59. The molecule has 0 bridgehead atoms. The predicted molar refractivity (Wildman–Crippen MR) is 76.0 cm³/mol. The molecule has 2 fully saturated rings. The Labute approximate surface area is 124 Å². The van der Waals surface area contributed by atoms with E-state index >= 15 is 0 Å². The van der Waals surface area contributed by atoms with Gasteiger partial charge in [0.25, 0.3) is 10.0 Å². The third-order valence-corrected chi connectivity index (χ3v) is 6.00. The van der Waals surface area contributed by atoms with E-state index in [1.54, 1.807) is 0 Å². The van der Waals surface area contributed by atoms with Crippen molar-refractivity contribution >= 4 is 10.0 Å². The first-order chi connectivity index (χ1) is 9.80. The summed E-state index contributed by atoms with van der Waals surface area (Å²) in [5, 5.41) is 9.46. The fraction of sp³-hybridized carbons (Fsp3) is 0.846. The van der Waals surface area contributed by atoms with Gasteiger partial charge in [-0.15, -0.1) is 5.10 Å². The summed E-state index contributed by atoms with van der Waals surface area (Å²) in [6.07, 6.45) is 5.97. The minimum absolute atomic E-state index is 0.0268. The monoisotopic (exact) mass is 314 g/mol. The van der Waals surface area contributed by atoms with E-state index in [0.717, 1.165) is 38.7 Å². The van der Waals surface area contributed by atoms with Crippen LogP contribution in [0.1, 0.15) is 46.0 Å². The SMILES string of the molecule is CC1(C)CC2(CCC(NS(=O)(=O)c3cn[nH]n3)CC2)CO1. The smallest absolute Gasteiger partial charge is 0.261 e. The van der Waals surface area contributed by atoms with E-state index in [1.165, 1.54) is 6.20 Å². The van der Waals surface area contributed by atoms with E-state index in [9.17, 15) is 8.42 Å². The molecule has 1 aliphatic carbocycles. The number of rotatable bonds is 3. The number of nitrogens with one attached hydrogen (secondary N) is 2. The van der Waals surface area contributed by atoms with Crippen LogP contribution in [0.15, 0.2) is 11.2 Å². The Hall–Kier alpha value is -0.990. The molecule has 0 amide bonds. The number of aromatic nitrogens is 3. The molecule has 0 radical (unpaired) electrons. The topological polar surface area (TPSA) is 97.0 Å². The summed E-state index contributed by atoms with van der Waals surface area (Å²) in [7, 11) is -3.56. The van der Waals surface area contributed by atoms with Gasteiger partial charge in [0.15, 0.2) is 0 Å². The third kappa shape index (κ3) is 3.12. The molecule has 1 aromatic rings. The van der Waals surface area contributed by atoms with Crippen molar-refractivity contribution in [1.82, 2.24) is 20.1 Å². The molecule has 1 aromatic heterocycles. The van der Waals surface area contributed by atoms with E-state index in [2.05, 4.69) is 34.0 Å². The lowest BCUT2D eigenvalue weighted by Gasteiger charge is -2.36. The van der Waals surface area contributed by atoms with Crippen LogP contribution in [0.4, 0.5) is 0 Å². The van der Waals surface area contributed by atoms with Gasteiger partial charge in [0.1, 0.15) is 0 Å². The fourth-order valence-electron chi connectivity index (χ4n) is 3.62. The second-order valence-electron chi connectivity index (χ2n) is 6.93. The van der Waals surface area contributed by atoms with Gasteiger partial charge in [0, 0.05) is 6.04 Å². The maximum atomic E-state index is 12.1. The van der Waals surface area contributed by atoms with E-state index in [0.29, 0.717) is 0 Å². The molecule has 1 spiro atoms. The average Bonchev–Trinajstić information content (AvgIpc) is 3.02. The standard InChI is InChI=1S/C13H22N4O3S/c1-12(2)8-13(9-20-12)5-3-10(4-6-13)16-21(18,19)11-7-14-17-15-11/h7,10,16H,3-6,8-9H2,1-2H3,(H,14,15,17). The van der Waals surface area contributed by atoms with E-state index < -0.39 is 10.0 Å². The number of sulfonamides is 1. The van der Waals surface area contributed by atoms with Crippen LogP contribution in [0.3, 0.4) is 0 Å². The van der Waals surface area contributed by atoms with Crippen LogP contribution in [-0.4, -0.2) is 42.1 Å². The van der Waals surface area contributed by atoms with Crippen molar-refractivity contribution in [3.8, 4) is 0 Å². The van der Waals surface area contributed by atoms with Gasteiger partial charge >= 0.3 is 0 Å². The Morgan fingerprint density at radius 1 is 1.38 bits per heavy atom. The molecule has 2 heterocycles. The molecule has 21 heavy (non-hydrogen) atoms. The molecule has 1 saturated heterocycles. The lowest BCUT2D eigenvalue weighted by atomic mass is 9.70. The van der Waals surface area contributed by atoms with Crippen molar-refractivity contribution in [3.63, 3.8) is 0 Å². The minimum atomic E-state index is -3.56. The largest absolute Gasteiger partial charge is 0.375 e. The van der Waals surface area contributed by atoms with Gasteiger partial charge in [0.05, 0.1) is 18.4 Å². The highest BCUT2D eigenvalue weighted by atomic mass is 32.2. The van der Waals surface area contributed by atoms with Crippen molar-refractivity contribution < 1.29 is 13.2 Å². The summed E-state index contributed by atoms with van der Waals surface area (Å²) in [4.78, 5) is 0. The summed E-state index contributed by atoms with van der Waals surface area (Å²) in [6.45, 7) is 5.05. The molecule has 7 nitrogen and oxygen atoms in total. The van der Waals surface area contributed by atoms with Crippen molar-refractivity contribution in [1.29, 1.82) is 0 Å². The highest BCUT2D eigenvalue weighted by Crippen LogP contribution is 2.48. The van der Waals surface area contributed by atoms with Gasteiger partial charge in [-0.2, -0.15) is 10.3 Å². The van der Waals surface area contributed by atoms with Crippen LogP contribution < -0.4 is 4.72 Å². The highest BCUT2D eigenvalue weighted by Gasteiger charge is 2.46. The molecule has 3 rings (SSSR count). The average molecular weight is 314 g/mol. The zero-order valence-corrected chi connectivity index (χ0v) is 13.2. The van der Waals surface area contributed by atoms with Crippen molar-refractivity contribution in [2.24, 2.45) is 5.41 Å². The first-order valence-corrected chi connectivity index (χ1v) is 8.81. The Morgan fingerprint density at radius 2 is 2.10 bits per heavy atom. The lowest BCUT2D eigenvalue weighted by molar-refractivity contribution is 0.0280. The van der Waals surface area contributed by atoms with E-state index in [1.807, 2.05) is 0 Å². The first kappa shape index (κ1) is 14.9. The van der Waals surface area contributed by atoms with Crippen LogP contribution in [0.5, 0.6) is 0 Å². The number of ether oxygens (including phenoxy) is 1. The van der Waals surface area contributed by atoms with Gasteiger partial charge in [0.2, 0.25) is 5.03 Å². The van der Waals surface area contributed by atoms with Crippen molar-refractivity contribution in [3.05, 3.63) is 6.20 Å². The molecule has 2 aliphatic rings. The summed E-state index contributed by atoms with van der Waals surface area (Å²) < 4.78 is 32.8. The van der Waals surface area contributed by atoms with Gasteiger partial charge in [-0.1, -0.05) is 0 Å². The molecule has 1 aliphatic heterocycles. The van der Waals surface area contributed by atoms with Crippen LogP contribution in [0, 0.1) is 5.41 Å². The zero-order valence-electron chi connectivity index (χ0n) is 12.4. The van der Waals surface area contributed by atoms with Gasteiger partial charge < -0.3 is 4.74 Å². The maximum absolute atomic E-state index is 12.1. The predicted octanol–water partition coefficient (Wildman–Crippen LogP) is 1.21. The Balaban J connectivity index is 1.60. The van der Waals surface area contributed by atoms with Crippen LogP contribution >= 0.6 is 0 Å². The Morgan fingerprint density at radius 3 is 2.62 bits per heavy atom. The number of aromatic amines is 1. The summed E-state index contributed by atoms with van der Waals surface area (Å²) in [5.74, 6) is 0. The number of H-pyrrole nitrogens is 1. The highest BCUT2D eigenvalue weighted by molar-refractivity contribution is 7.89. The first-order valence-electron chi connectivity index (χ1n) is 7.33. The van der Waals surface area contributed by atoms with Crippen LogP contribution in [0.25, 0.3) is 0 Å².